The summed E-state index contributed by atoms with van der Waals surface area (Å²) in [5.74, 6) is -0.0366. The summed E-state index contributed by atoms with van der Waals surface area (Å²) in [5.41, 5.74) is 2.02. The first-order valence-electron chi connectivity index (χ1n) is 6.22. The van der Waals surface area contributed by atoms with E-state index in [0.717, 1.165) is 16.9 Å². The van der Waals surface area contributed by atoms with E-state index in [4.69, 9.17) is 9.84 Å². The molecule has 3 nitrogen and oxygen atoms in total. The average Bonchev–Trinajstić information content (AvgIpc) is 2.45. The molecule has 19 heavy (non-hydrogen) atoms. The van der Waals surface area contributed by atoms with E-state index in [0.29, 0.717) is 13.0 Å². The lowest BCUT2D eigenvalue weighted by atomic mass is 10.1. The molecular formula is C16H16O3. The first kappa shape index (κ1) is 13.1. The Kier molecular flexibility index (Phi) is 4.56. The predicted molar refractivity (Wildman–Crippen MR) is 73.2 cm³/mol. The van der Waals surface area contributed by atoms with Gasteiger partial charge in [-0.25, -0.2) is 0 Å². The Morgan fingerprint density at radius 2 is 1.68 bits per heavy atom. The minimum atomic E-state index is -0.794. The zero-order chi connectivity index (χ0) is 13.5. The Hall–Kier alpha value is -2.29. The molecule has 0 aromatic heterocycles. The summed E-state index contributed by atoms with van der Waals surface area (Å²) in [6.07, 6.45) is 0.603. The zero-order valence-electron chi connectivity index (χ0n) is 10.6. The summed E-state index contributed by atoms with van der Waals surface area (Å²) in [6.45, 7) is 0.491. The first-order chi connectivity index (χ1) is 9.25. The van der Waals surface area contributed by atoms with Crippen LogP contribution in [-0.4, -0.2) is 11.1 Å². The standard InChI is InChI=1S/C16H16O3/c17-16(18)11-10-14-8-4-5-9-15(14)19-12-13-6-2-1-3-7-13/h1-9H,10-12H2,(H,17,18). The van der Waals surface area contributed by atoms with Gasteiger partial charge in [0.25, 0.3) is 0 Å². The molecule has 0 aliphatic carbocycles. The quantitative estimate of drug-likeness (QED) is 0.862. The molecule has 98 valence electrons. The number of carboxylic acid groups (broad SMARTS) is 1. The number of carboxylic acids is 1. The summed E-state index contributed by atoms with van der Waals surface area (Å²) in [7, 11) is 0. The Morgan fingerprint density at radius 3 is 2.42 bits per heavy atom. The van der Waals surface area contributed by atoms with Crippen molar-refractivity contribution >= 4 is 5.97 Å². The molecule has 3 heteroatoms. The van der Waals surface area contributed by atoms with Gasteiger partial charge in [-0.2, -0.15) is 0 Å². The second-order valence-corrected chi connectivity index (χ2v) is 4.28. The molecule has 0 radical (unpaired) electrons. The number of carbonyl (C=O) groups is 1. The van der Waals surface area contributed by atoms with Crippen LogP contribution in [-0.2, 0) is 17.8 Å². The van der Waals surface area contributed by atoms with E-state index in [9.17, 15) is 4.79 Å². The maximum absolute atomic E-state index is 10.6. The molecule has 0 amide bonds. The Morgan fingerprint density at radius 1 is 1.00 bits per heavy atom. The Balaban J connectivity index is 2.01. The van der Waals surface area contributed by atoms with Crippen LogP contribution in [0.2, 0.25) is 0 Å². The van der Waals surface area contributed by atoms with Crippen molar-refractivity contribution in [1.29, 1.82) is 0 Å². The van der Waals surface area contributed by atoms with Crippen LogP contribution in [0, 0.1) is 0 Å². The van der Waals surface area contributed by atoms with Gasteiger partial charge in [0.15, 0.2) is 0 Å². The summed E-state index contributed by atoms with van der Waals surface area (Å²) in [4.78, 5) is 10.6. The third-order valence-electron chi connectivity index (χ3n) is 2.82. The van der Waals surface area contributed by atoms with E-state index in [-0.39, 0.29) is 6.42 Å². The number of aliphatic carboxylic acids is 1. The van der Waals surface area contributed by atoms with Crippen LogP contribution in [0.1, 0.15) is 17.5 Å². The van der Waals surface area contributed by atoms with Crippen molar-refractivity contribution in [2.75, 3.05) is 0 Å². The smallest absolute Gasteiger partial charge is 0.303 e. The fourth-order valence-electron chi connectivity index (χ4n) is 1.83. The number of para-hydroxylation sites is 1. The summed E-state index contributed by atoms with van der Waals surface area (Å²) in [6, 6.07) is 17.5. The number of hydrogen-bond acceptors (Lipinski definition) is 2. The van der Waals surface area contributed by atoms with Crippen LogP contribution in [0.25, 0.3) is 0 Å². The van der Waals surface area contributed by atoms with Crippen LogP contribution in [0.5, 0.6) is 5.75 Å². The van der Waals surface area contributed by atoms with E-state index in [1.807, 2.05) is 54.6 Å². The largest absolute Gasteiger partial charge is 0.489 e. The lowest BCUT2D eigenvalue weighted by Crippen LogP contribution is -2.01. The van der Waals surface area contributed by atoms with Crippen molar-refractivity contribution in [3.8, 4) is 5.75 Å². The fourth-order valence-corrected chi connectivity index (χ4v) is 1.83. The molecule has 0 heterocycles. The maximum atomic E-state index is 10.6. The van der Waals surface area contributed by atoms with Crippen LogP contribution < -0.4 is 4.74 Å². The Bertz CT molecular complexity index is 535. The predicted octanol–water partition coefficient (Wildman–Crippen LogP) is 3.28. The number of ether oxygens (including phenoxy) is 1. The van der Waals surface area contributed by atoms with E-state index in [1.165, 1.54) is 0 Å². The van der Waals surface area contributed by atoms with Crippen molar-refractivity contribution in [2.45, 2.75) is 19.4 Å². The van der Waals surface area contributed by atoms with Gasteiger partial charge in [-0.3, -0.25) is 4.79 Å². The lowest BCUT2D eigenvalue weighted by Gasteiger charge is -2.10. The molecule has 0 aliphatic heterocycles. The van der Waals surface area contributed by atoms with Crippen LogP contribution in [0.15, 0.2) is 54.6 Å². The molecule has 0 bridgehead atoms. The number of hydrogen-bond donors (Lipinski definition) is 1. The van der Waals surface area contributed by atoms with Crippen LogP contribution in [0.3, 0.4) is 0 Å². The normalized spacial score (nSPS) is 10.1. The summed E-state index contributed by atoms with van der Waals surface area (Å²) in [5, 5.41) is 8.73. The van der Waals surface area contributed by atoms with Crippen molar-refractivity contribution < 1.29 is 14.6 Å². The van der Waals surface area contributed by atoms with Gasteiger partial charge < -0.3 is 9.84 Å². The first-order valence-corrected chi connectivity index (χ1v) is 6.22. The minimum absolute atomic E-state index is 0.117. The molecule has 0 atom stereocenters. The highest BCUT2D eigenvalue weighted by molar-refractivity contribution is 5.67. The van der Waals surface area contributed by atoms with Crippen molar-refractivity contribution in [1.82, 2.24) is 0 Å². The molecular weight excluding hydrogens is 240 g/mol. The zero-order valence-corrected chi connectivity index (χ0v) is 10.6. The molecule has 0 saturated heterocycles. The number of benzene rings is 2. The second kappa shape index (κ2) is 6.59. The van der Waals surface area contributed by atoms with Crippen LogP contribution >= 0.6 is 0 Å². The molecule has 0 unspecified atom stereocenters. The molecule has 2 rings (SSSR count). The second-order valence-electron chi connectivity index (χ2n) is 4.28. The highest BCUT2D eigenvalue weighted by atomic mass is 16.5. The molecule has 0 spiro atoms. The van der Waals surface area contributed by atoms with Gasteiger partial charge in [-0.1, -0.05) is 48.5 Å². The maximum Gasteiger partial charge on any atom is 0.303 e. The van der Waals surface area contributed by atoms with Gasteiger partial charge in [-0.05, 0) is 23.6 Å². The molecule has 0 saturated carbocycles. The van der Waals surface area contributed by atoms with Crippen molar-refractivity contribution in [3.05, 3.63) is 65.7 Å². The van der Waals surface area contributed by atoms with Crippen LogP contribution in [0.4, 0.5) is 0 Å². The summed E-state index contributed by atoms with van der Waals surface area (Å²) >= 11 is 0. The van der Waals surface area contributed by atoms with Crippen molar-refractivity contribution in [3.63, 3.8) is 0 Å². The van der Waals surface area contributed by atoms with Gasteiger partial charge in [0, 0.05) is 6.42 Å². The average molecular weight is 256 g/mol. The third kappa shape index (κ3) is 4.14. The number of rotatable bonds is 6. The molecule has 0 aliphatic rings. The number of aryl methyl sites for hydroxylation is 1. The van der Waals surface area contributed by atoms with Gasteiger partial charge in [-0.15, -0.1) is 0 Å². The highest BCUT2D eigenvalue weighted by Gasteiger charge is 2.05. The van der Waals surface area contributed by atoms with Gasteiger partial charge in [0.2, 0.25) is 0 Å². The monoisotopic (exact) mass is 256 g/mol. The summed E-state index contributed by atoms with van der Waals surface area (Å²) < 4.78 is 5.76. The Labute approximate surface area is 112 Å². The molecule has 2 aromatic rings. The molecule has 1 N–H and O–H groups in total. The van der Waals surface area contributed by atoms with E-state index in [1.54, 1.807) is 0 Å². The van der Waals surface area contributed by atoms with E-state index in [2.05, 4.69) is 0 Å². The highest BCUT2D eigenvalue weighted by Crippen LogP contribution is 2.20. The fraction of sp³-hybridized carbons (Fsp3) is 0.188. The molecule has 2 aromatic carbocycles. The van der Waals surface area contributed by atoms with E-state index >= 15 is 0 Å². The van der Waals surface area contributed by atoms with E-state index < -0.39 is 5.97 Å². The van der Waals surface area contributed by atoms with Crippen molar-refractivity contribution in [2.24, 2.45) is 0 Å². The molecule has 0 fully saturated rings. The lowest BCUT2D eigenvalue weighted by molar-refractivity contribution is -0.136. The SMILES string of the molecule is O=C(O)CCc1ccccc1OCc1ccccc1. The third-order valence-corrected chi connectivity index (χ3v) is 2.82. The minimum Gasteiger partial charge on any atom is -0.489 e. The van der Waals surface area contributed by atoms with Gasteiger partial charge >= 0.3 is 5.97 Å². The van der Waals surface area contributed by atoms with Gasteiger partial charge in [0.1, 0.15) is 12.4 Å². The van der Waals surface area contributed by atoms with Gasteiger partial charge in [0.05, 0.1) is 0 Å². The topological polar surface area (TPSA) is 46.5 Å².